The van der Waals surface area contributed by atoms with Crippen molar-refractivity contribution in [1.29, 1.82) is 0 Å². The van der Waals surface area contributed by atoms with Crippen LogP contribution in [0.3, 0.4) is 0 Å². The highest BCUT2D eigenvalue weighted by Gasteiger charge is 2.35. The van der Waals surface area contributed by atoms with Gasteiger partial charge < -0.3 is 14.8 Å². The summed E-state index contributed by atoms with van der Waals surface area (Å²) >= 11 is 1.59. The molecule has 0 radical (unpaired) electrons. The first kappa shape index (κ1) is 20.6. The molecule has 2 heterocycles. The van der Waals surface area contributed by atoms with Gasteiger partial charge in [0.1, 0.15) is 6.04 Å². The Kier molecular flexibility index (Phi) is 6.50. The zero-order valence-electron chi connectivity index (χ0n) is 17.4. The molecule has 30 heavy (non-hydrogen) atoms. The molecule has 1 amide bonds. The number of hydrogen-bond acceptors (Lipinski definition) is 4. The summed E-state index contributed by atoms with van der Waals surface area (Å²) in [6, 6.07) is 20.3. The fourth-order valence-electron chi connectivity index (χ4n) is 4.31. The van der Waals surface area contributed by atoms with Crippen LogP contribution in [0.1, 0.15) is 41.9 Å². The van der Waals surface area contributed by atoms with E-state index in [0.29, 0.717) is 6.54 Å². The Morgan fingerprint density at radius 3 is 2.33 bits per heavy atom. The van der Waals surface area contributed by atoms with E-state index < -0.39 is 0 Å². The monoisotopic (exact) mass is 422 g/mol. The number of amides is 1. The van der Waals surface area contributed by atoms with Crippen LogP contribution in [-0.4, -0.2) is 40.0 Å². The number of nitrogens with one attached hydrogen (secondary N) is 2. The van der Waals surface area contributed by atoms with Gasteiger partial charge in [-0.3, -0.25) is 4.79 Å². The first-order valence-corrected chi connectivity index (χ1v) is 11.6. The lowest BCUT2D eigenvalue weighted by Gasteiger charge is -2.23. The lowest BCUT2D eigenvalue weighted by atomic mass is 9.99. The van der Waals surface area contributed by atoms with Crippen molar-refractivity contribution in [1.82, 2.24) is 20.1 Å². The maximum absolute atomic E-state index is 13.1. The van der Waals surface area contributed by atoms with Crippen LogP contribution >= 0.6 is 11.8 Å². The normalized spacial score (nSPS) is 18.6. The number of hydrogen-bond donors (Lipinski definition) is 2. The van der Waals surface area contributed by atoms with E-state index in [9.17, 15) is 4.79 Å². The van der Waals surface area contributed by atoms with Crippen molar-refractivity contribution >= 4 is 17.7 Å². The van der Waals surface area contributed by atoms with E-state index in [0.717, 1.165) is 41.5 Å². The largest absolute Gasteiger partial charge is 0.340 e. The third kappa shape index (κ3) is 4.42. The molecule has 2 aromatic carbocycles. The van der Waals surface area contributed by atoms with Crippen molar-refractivity contribution in [3.63, 3.8) is 0 Å². The molecule has 1 aliphatic heterocycles. The molecule has 4 rings (SSSR count). The minimum absolute atomic E-state index is 0.0573. The van der Waals surface area contributed by atoms with Crippen LogP contribution < -0.4 is 10.2 Å². The van der Waals surface area contributed by atoms with E-state index in [4.69, 9.17) is 0 Å². The van der Waals surface area contributed by atoms with Crippen molar-refractivity contribution in [2.75, 3.05) is 19.3 Å². The first-order chi connectivity index (χ1) is 14.7. The zero-order valence-corrected chi connectivity index (χ0v) is 18.2. The average Bonchev–Trinajstić information content (AvgIpc) is 3.38. The number of rotatable bonds is 7. The highest BCUT2D eigenvalue weighted by Crippen LogP contribution is 2.22. The fraction of sp³-hybridized carbons (Fsp3) is 0.348. The molecular formula is C23H28N5OS+. The number of nitrogens with zero attached hydrogens (tertiary/aromatic N) is 3. The Hall–Kier alpha value is -2.64. The number of benzene rings is 2. The molecule has 7 heteroatoms. The van der Waals surface area contributed by atoms with Gasteiger partial charge in [-0.25, -0.2) is 0 Å². The van der Waals surface area contributed by atoms with Gasteiger partial charge in [0.15, 0.2) is 17.5 Å². The van der Waals surface area contributed by atoms with Gasteiger partial charge in [0.05, 0.1) is 12.6 Å². The summed E-state index contributed by atoms with van der Waals surface area (Å²) < 4.78 is 2.06. The quantitative estimate of drug-likeness (QED) is 0.573. The van der Waals surface area contributed by atoms with Crippen molar-refractivity contribution in [3.8, 4) is 0 Å². The molecule has 1 aromatic heterocycles. The van der Waals surface area contributed by atoms with Crippen LogP contribution in [-0.2, 0) is 11.8 Å². The molecule has 0 bridgehead atoms. The smallest absolute Gasteiger partial charge is 0.275 e. The van der Waals surface area contributed by atoms with Gasteiger partial charge in [0, 0.05) is 19.9 Å². The minimum Gasteiger partial charge on any atom is -0.340 e. The first-order valence-electron chi connectivity index (χ1n) is 10.3. The van der Waals surface area contributed by atoms with Gasteiger partial charge in [-0.2, -0.15) is 0 Å². The van der Waals surface area contributed by atoms with Crippen molar-refractivity contribution in [3.05, 3.63) is 77.6 Å². The SMILES string of the molecule is CSc1nnc([C@H]2CCC[NH+]2CC(=O)NC(c2ccccc2)c2ccccc2)n1C. The standard InChI is InChI=1S/C23H27N5OS/c1-27-22(25-26-23(27)30-2)19-14-9-15-28(19)16-20(29)24-21(17-10-5-3-6-11-17)18-12-7-4-8-13-18/h3-8,10-13,19,21H,9,14-16H2,1-2H3,(H,24,29)/p+1/t19-/m1/s1. The number of carbonyl (C=O) groups excluding carboxylic acids is 1. The topological polar surface area (TPSA) is 64.2 Å². The summed E-state index contributed by atoms with van der Waals surface area (Å²) in [6.45, 7) is 1.41. The molecule has 3 aromatic rings. The maximum atomic E-state index is 13.1. The number of thioether (sulfide) groups is 1. The molecule has 1 unspecified atom stereocenters. The van der Waals surface area contributed by atoms with Gasteiger partial charge in [-0.15, -0.1) is 10.2 Å². The predicted octanol–water partition coefficient (Wildman–Crippen LogP) is 2.16. The van der Waals surface area contributed by atoms with Crippen LogP contribution in [0.5, 0.6) is 0 Å². The lowest BCUT2D eigenvalue weighted by Crippen LogP contribution is -3.11. The Morgan fingerprint density at radius 2 is 1.77 bits per heavy atom. The maximum Gasteiger partial charge on any atom is 0.275 e. The van der Waals surface area contributed by atoms with Crippen LogP contribution in [0.15, 0.2) is 65.8 Å². The summed E-state index contributed by atoms with van der Waals surface area (Å²) in [4.78, 5) is 14.4. The summed E-state index contributed by atoms with van der Waals surface area (Å²) in [5.41, 5.74) is 2.17. The number of carbonyl (C=O) groups is 1. The minimum atomic E-state index is -0.154. The molecule has 156 valence electrons. The Labute approximate surface area is 181 Å². The molecule has 1 fully saturated rings. The van der Waals surface area contributed by atoms with Gasteiger partial charge in [0.25, 0.3) is 5.91 Å². The van der Waals surface area contributed by atoms with E-state index in [1.165, 1.54) is 4.90 Å². The van der Waals surface area contributed by atoms with Crippen molar-refractivity contribution < 1.29 is 9.69 Å². The van der Waals surface area contributed by atoms with E-state index in [1.807, 2.05) is 49.7 Å². The summed E-state index contributed by atoms with van der Waals surface area (Å²) in [7, 11) is 2.01. The van der Waals surface area contributed by atoms with E-state index >= 15 is 0 Å². The van der Waals surface area contributed by atoms with Crippen LogP contribution in [0, 0.1) is 0 Å². The Morgan fingerprint density at radius 1 is 1.13 bits per heavy atom. The van der Waals surface area contributed by atoms with Gasteiger partial charge in [-0.05, 0) is 17.4 Å². The molecule has 2 atom stereocenters. The predicted molar refractivity (Wildman–Crippen MR) is 118 cm³/mol. The third-order valence-electron chi connectivity index (χ3n) is 5.81. The van der Waals surface area contributed by atoms with E-state index in [2.05, 4.69) is 44.3 Å². The highest BCUT2D eigenvalue weighted by molar-refractivity contribution is 7.98. The van der Waals surface area contributed by atoms with Crippen molar-refractivity contribution in [2.24, 2.45) is 7.05 Å². The summed E-state index contributed by atoms with van der Waals surface area (Å²) in [6.07, 6.45) is 4.13. The van der Waals surface area contributed by atoms with E-state index in [-0.39, 0.29) is 18.0 Å². The Balaban J connectivity index is 1.50. The second kappa shape index (κ2) is 9.45. The zero-order chi connectivity index (χ0) is 20.9. The van der Waals surface area contributed by atoms with Crippen LogP contribution in [0.4, 0.5) is 0 Å². The molecule has 1 aliphatic rings. The molecule has 0 saturated carbocycles. The number of quaternary nitrogens is 1. The fourth-order valence-corrected chi connectivity index (χ4v) is 4.80. The van der Waals surface area contributed by atoms with Gasteiger partial charge in [0.2, 0.25) is 0 Å². The number of aromatic nitrogens is 3. The molecule has 0 aliphatic carbocycles. The van der Waals surface area contributed by atoms with Gasteiger partial charge in [-0.1, -0.05) is 72.4 Å². The molecule has 6 nitrogen and oxygen atoms in total. The number of likely N-dealkylation sites (tertiary alicyclic amines) is 1. The summed E-state index contributed by atoms with van der Waals surface area (Å²) in [5.74, 6) is 1.03. The second-order valence-corrected chi connectivity index (χ2v) is 8.48. The third-order valence-corrected chi connectivity index (χ3v) is 6.53. The highest BCUT2D eigenvalue weighted by atomic mass is 32.2. The Bertz CT molecular complexity index is 936. The molecule has 2 N–H and O–H groups in total. The van der Waals surface area contributed by atoms with Crippen molar-refractivity contribution in [2.45, 2.75) is 30.1 Å². The van der Waals surface area contributed by atoms with Crippen LogP contribution in [0.2, 0.25) is 0 Å². The molecule has 0 spiro atoms. The van der Waals surface area contributed by atoms with Crippen LogP contribution in [0.25, 0.3) is 0 Å². The van der Waals surface area contributed by atoms with E-state index in [1.54, 1.807) is 11.8 Å². The molecular weight excluding hydrogens is 394 g/mol. The summed E-state index contributed by atoms with van der Waals surface area (Å²) in [5, 5.41) is 12.9. The average molecular weight is 423 g/mol. The second-order valence-electron chi connectivity index (χ2n) is 7.71. The molecule has 1 saturated heterocycles. The lowest BCUT2D eigenvalue weighted by molar-refractivity contribution is -0.911. The van der Waals surface area contributed by atoms with Gasteiger partial charge >= 0.3 is 0 Å².